The molecule has 2 aromatic carbocycles. The summed E-state index contributed by atoms with van der Waals surface area (Å²) >= 11 is 0. The predicted molar refractivity (Wildman–Crippen MR) is 99.5 cm³/mol. The van der Waals surface area contributed by atoms with Crippen molar-refractivity contribution in [2.24, 2.45) is 0 Å². The molecular weight excluding hydrogens is 314 g/mol. The Balaban J connectivity index is 1.84. The van der Waals surface area contributed by atoms with Crippen molar-refractivity contribution in [3.8, 4) is 0 Å². The Hall–Kier alpha value is -2.82. The number of hydrogen-bond donors (Lipinski definition) is 2. The molecule has 3 rings (SSSR count). The molecule has 0 atom stereocenters. The largest absolute Gasteiger partial charge is 0.399 e. The lowest BCUT2D eigenvalue weighted by Gasteiger charge is -2.26. The molecule has 0 radical (unpaired) electrons. The summed E-state index contributed by atoms with van der Waals surface area (Å²) in [6.07, 6.45) is 5.26. The number of carbonyl (C=O) groups excluding carboxylic acids is 2. The number of rotatable bonds is 3. The molecule has 0 spiro atoms. The fourth-order valence-electron chi connectivity index (χ4n) is 3.18. The van der Waals surface area contributed by atoms with Crippen LogP contribution in [0.3, 0.4) is 0 Å². The first-order valence-corrected chi connectivity index (χ1v) is 8.70. The zero-order valence-corrected chi connectivity index (χ0v) is 14.2. The highest BCUT2D eigenvalue weighted by Crippen LogP contribution is 2.26. The fraction of sp³-hybridized carbons (Fsp3) is 0.300. The molecule has 5 heteroatoms. The van der Waals surface area contributed by atoms with Crippen molar-refractivity contribution in [3.05, 3.63) is 54.6 Å². The minimum absolute atomic E-state index is 0.0919. The molecule has 1 aliphatic rings. The van der Waals surface area contributed by atoms with Gasteiger partial charge in [-0.15, -0.1) is 0 Å². The molecule has 1 aliphatic carbocycles. The molecule has 130 valence electrons. The zero-order chi connectivity index (χ0) is 17.6. The topological polar surface area (TPSA) is 75.4 Å². The molecule has 1 saturated carbocycles. The van der Waals surface area contributed by atoms with Gasteiger partial charge in [-0.1, -0.05) is 37.5 Å². The van der Waals surface area contributed by atoms with Crippen molar-refractivity contribution >= 4 is 28.9 Å². The van der Waals surface area contributed by atoms with Gasteiger partial charge in [0, 0.05) is 23.1 Å². The number of anilines is 3. The highest BCUT2D eigenvalue weighted by atomic mass is 16.2. The van der Waals surface area contributed by atoms with Gasteiger partial charge in [-0.25, -0.2) is 0 Å². The molecule has 2 amide bonds. The Bertz CT molecular complexity index is 722. The molecule has 0 saturated heterocycles. The third-order valence-corrected chi connectivity index (χ3v) is 4.50. The summed E-state index contributed by atoms with van der Waals surface area (Å²) in [6, 6.07) is 16.2. The lowest BCUT2D eigenvalue weighted by molar-refractivity contribution is -0.137. The van der Waals surface area contributed by atoms with Crippen LogP contribution in [-0.4, -0.2) is 17.9 Å². The Morgan fingerprint density at radius 3 is 2.12 bits per heavy atom. The van der Waals surface area contributed by atoms with Crippen molar-refractivity contribution < 1.29 is 9.59 Å². The van der Waals surface area contributed by atoms with Gasteiger partial charge in [0.05, 0.1) is 0 Å². The molecule has 0 aliphatic heterocycles. The fourth-order valence-corrected chi connectivity index (χ4v) is 3.18. The number of nitrogens with zero attached hydrogens (tertiary/aromatic N) is 1. The number of amides is 2. The number of hydrogen-bond acceptors (Lipinski definition) is 3. The van der Waals surface area contributed by atoms with Crippen molar-refractivity contribution in [3.63, 3.8) is 0 Å². The minimum Gasteiger partial charge on any atom is -0.399 e. The average Bonchev–Trinajstić information content (AvgIpc) is 2.65. The van der Waals surface area contributed by atoms with E-state index in [2.05, 4.69) is 5.32 Å². The van der Waals surface area contributed by atoms with Crippen LogP contribution in [0.5, 0.6) is 0 Å². The first kappa shape index (κ1) is 17.0. The molecule has 2 aromatic rings. The van der Waals surface area contributed by atoms with Crippen LogP contribution < -0.4 is 16.0 Å². The number of benzene rings is 2. The van der Waals surface area contributed by atoms with Crippen LogP contribution in [0.2, 0.25) is 0 Å². The second kappa shape index (κ2) is 7.83. The van der Waals surface area contributed by atoms with E-state index < -0.39 is 11.8 Å². The van der Waals surface area contributed by atoms with Crippen LogP contribution in [0, 0.1) is 0 Å². The smallest absolute Gasteiger partial charge is 0.320 e. The number of nitrogens with two attached hydrogens (primary N) is 1. The number of para-hydroxylation sites is 1. The van der Waals surface area contributed by atoms with Gasteiger partial charge in [0.25, 0.3) is 0 Å². The van der Waals surface area contributed by atoms with E-state index in [1.54, 1.807) is 24.3 Å². The SMILES string of the molecule is Nc1ccc(N(C(=O)C(=O)NC2CCCCC2)c2ccccc2)cc1. The maximum Gasteiger partial charge on any atom is 0.320 e. The van der Waals surface area contributed by atoms with Gasteiger partial charge >= 0.3 is 11.8 Å². The van der Waals surface area contributed by atoms with Gasteiger partial charge in [0.2, 0.25) is 0 Å². The van der Waals surface area contributed by atoms with Crippen molar-refractivity contribution in [1.82, 2.24) is 5.32 Å². The number of nitrogen functional groups attached to an aromatic ring is 1. The quantitative estimate of drug-likeness (QED) is 0.666. The van der Waals surface area contributed by atoms with Crippen LogP contribution in [-0.2, 0) is 9.59 Å². The molecule has 5 nitrogen and oxygen atoms in total. The zero-order valence-electron chi connectivity index (χ0n) is 14.2. The Morgan fingerprint density at radius 2 is 1.48 bits per heavy atom. The molecule has 1 fully saturated rings. The van der Waals surface area contributed by atoms with Crippen molar-refractivity contribution in [2.75, 3.05) is 10.6 Å². The summed E-state index contributed by atoms with van der Waals surface area (Å²) in [5.41, 5.74) is 7.61. The normalized spacial score (nSPS) is 14.7. The van der Waals surface area contributed by atoms with Crippen LogP contribution in [0.15, 0.2) is 54.6 Å². The van der Waals surface area contributed by atoms with Crippen LogP contribution >= 0.6 is 0 Å². The minimum atomic E-state index is -0.582. The van der Waals surface area contributed by atoms with E-state index in [4.69, 9.17) is 5.73 Å². The Morgan fingerprint density at radius 1 is 0.880 bits per heavy atom. The summed E-state index contributed by atoms with van der Waals surface area (Å²) in [5, 5.41) is 2.90. The van der Waals surface area contributed by atoms with Crippen LogP contribution in [0.4, 0.5) is 17.1 Å². The van der Waals surface area contributed by atoms with Crippen LogP contribution in [0.25, 0.3) is 0 Å². The lowest BCUT2D eigenvalue weighted by Crippen LogP contribution is -2.45. The monoisotopic (exact) mass is 337 g/mol. The molecular formula is C20H23N3O2. The van der Waals surface area contributed by atoms with Gasteiger partial charge in [0.1, 0.15) is 0 Å². The van der Waals surface area contributed by atoms with Gasteiger partial charge in [0.15, 0.2) is 0 Å². The van der Waals surface area contributed by atoms with E-state index in [0.717, 1.165) is 25.7 Å². The highest BCUT2D eigenvalue weighted by molar-refractivity contribution is 6.42. The van der Waals surface area contributed by atoms with E-state index in [1.165, 1.54) is 11.3 Å². The summed E-state index contributed by atoms with van der Waals surface area (Å²) in [5.74, 6) is -1.14. The summed E-state index contributed by atoms with van der Waals surface area (Å²) < 4.78 is 0. The molecule has 0 aromatic heterocycles. The number of nitrogens with one attached hydrogen (secondary N) is 1. The van der Waals surface area contributed by atoms with Crippen LogP contribution in [0.1, 0.15) is 32.1 Å². The summed E-state index contributed by atoms with van der Waals surface area (Å²) in [6.45, 7) is 0. The van der Waals surface area contributed by atoms with Gasteiger partial charge in [-0.05, 0) is 49.2 Å². The third kappa shape index (κ3) is 4.18. The average molecular weight is 337 g/mol. The maximum atomic E-state index is 12.9. The molecule has 0 bridgehead atoms. The molecule has 3 N–H and O–H groups in total. The first-order valence-electron chi connectivity index (χ1n) is 8.70. The first-order chi connectivity index (χ1) is 12.1. The molecule has 0 unspecified atom stereocenters. The maximum absolute atomic E-state index is 12.9. The third-order valence-electron chi connectivity index (χ3n) is 4.50. The summed E-state index contributed by atoms with van der Waals surface area (Å²) in [4.78, 5) is 26.9. The van der Waals surface area contributed by atoms with Crippen molar-refractivity contribution in [2.45, 2.75) is 38.1 Å². The second-order valence-electron chi connectivity index (χ2n) is 6.38. The Kier molecular flexibility index (Phi) is 5.33. The predicted octanol–water partition coefficient (Wildman–Crippen LogP) is 3.38. The van der Waals surface area contributed by atoms with E-state index >= 15 is 0 Å². The lowest BCUT2D eigenvalue weighted by atomic mass is 9.95. The second-order valence-corrected chi connectivity index (χ2v) is 6.38. The van der Waals surface area contributed by atoms with Gasteiger partial charge in [-0.3, -0.25) is 14.5 Å². The molecule has 0 heterocycles. The summed E-state index contributed by atoms with van der Waals surface area (Å²) in [7, 11) is 0. The number of carbonyl (C=O) groups is 2. The van der Waals surface area contributed by atoms with E-state index in [0.29, 0.717) is 17.1 Å². The van der Waals surface area contributed by atoms with E-state index in [-0.39, 0.29) is 6.04 Å². The van der Waals surface area contributed by atoms with E-state index in [9.17, 15) is 9.59 Å². The van der Waals surface area contributed by atoms with E-state index in [1.807, 2.05) is 30.3 Å². The Labute approximate surface area is 147 Å². The molecule has 25 heavy (non-hydrogen) atoms. The van der Waals surface area contributed by atoms with Gasteiger partial charge in [-0.2, -0.15) is 0 Å². The van der Waals surface area contributed by atoms with Crippen molar-refractivity contribution in [1.29, 1.82) is 0 Å². The standard InChI is InChI=1S/C20H23N3O2/c21-15-11-13-18(14-12-15)23(17-9-5-2-6-10-17)20(25)19(24)22-16-7-3-1-4-8-16/h2,5-6,9-14,16H,1,3-4,7-8,21H2,(H,22,24). The van der Waals surface area contributed by atoms with Gasteiger partial charge < -0.3 is 11.1 Å². The highest BCUT2D eigenvalue weighted by Gasteiger charge is 2.27.